The van der Waals surface area contributed by atoms with Crippen molar-refractivity contribution in [3.8, 4) is 5.75 Å². The summed E-state index contributed by atoms with van der Waals surface area (Å²) < 4.78 is 18.4. The van der Waals surface area contributed by atoms with E-state index >= 15 is 0 Å². The van der Waals surface area contributed by atoms with E-state index in [2.05, 4.69) is 10.6 Å². The molecule has 0 bridgehead atoms. The molecule has 0 saturated heterocycles. The molecule has 26 heavy (non-hydrogen) atoms. The monoisotopic (exact) mass is 378 g/mol. The van der Waals surface area contributed by atoms with Gasteiger partial charge in [0.2, 0.25) is 5.91 Å². The Labute approximate surface area is 156 Å². The van der Waals surface area contributed by atoms with Crippen LogP contribution < -0.4 is 15.4 Å². The Morgan fingerprint density at radius 2 is 1.92 bits per heavy atom. The molecule has 0 aliphatic rings. The lowest BCUT2D eigenvalue weighted by Gasteiger charge is -2.13. The average Bonchev–Trinajstić information content (AvgIpc) is 2.56. The zero-order valence-electron chi connectivity index (χ0n) is 14.5. The van der Waals surface area contributed by atoms with E-state index in [1.807, 2.05) is 13.8 Å². The summed E-state index contributed by atoms with van der Waals surface area (Å²) in [6, 6.07) is 10.5. The van der Waals surface area contributed by atoms with Crippen LogP contribution in [0.25, 0.3) is 0 Å². The number of carbonyl (C=O) groups is 2. The normalized spacial score (nSPS) is 10.5. The standard InChI is InChI=1S/C19H20ClFN2O3/c1-12(2)22-19(25)14-5-3-4-6-16(14)23-18(24)9-10-26-17-8-7-13(21)11-15(17)20/h3-8,11-12H,9-10H2,1-2H3,(H,22,25)(H,23,24). The highest BCUT2D eigenvalue weighted by Gasteiger charge is 2.14. The van der Waals surface area contributed by atoms with Gasteiger partial charge in [0, 0.05) is 6.04 Å². The number of halogens is 2. The maximum atomic E-state index is 13.0. The van der Waals surface area contributed by atoms with Crippen molar-refractivity contribution in [2.24, 2.45) is 0 Å². The van der Waals surface area contributed by atoms with Crippen LogP contribution in [0, 0.1) is 5.82 Å². The first-order valence-electron chi connectivity index (χ1n) is 8.14. The second kappa shape index (κ2) is 9.20. The number of hydrogen-bond acceptors (Lipinski definition) is 3. The SMILES string of the molecule is CC(C)NC(=O)c1ccccc1NC(=O)CCOc1ccc(F)cc1Cl. The van der Waals surface area contributed by atoms with Gasteiger partial charge in [0.1, 0.15) is 11.6 Å². The molecule has 138 valence electrons. The Morgan fingerprint density at radius 1 is 1.19 bits per heavy atom. The van der Waals surface area contributed by atoms with Crippen molar-refractivity contribution in [1.82, 2.24) is 5.32 Å². The van der Waals surface area contributed by atoms with Crippen LogP contribution in [0.15, 0.2) is 42.5 Å². The summed E-state index contributed by atoms with van der Waals surface area (Å²) in [5, 5.41) is 5.63. The summed E-state index contributed by atoms with van der Waals surface area (Å²) in [4.78, 5) is 24.3. The van der Waals surface area contributed by atoms with Crippen LogP contribution in [0.1, 0.15) is 30.6 Å². The van der Waals surface area contributed by atoms with Crippen LogP contribution in [0.3, 0.4) is 0 Å². The summed E-state index contributed by atoms with van der Waals surface area (Å²) in [7, 11) is 0. The fourth-order valence-electron chi connectivity index (χ4n) is 2.19. The van der Waals surface area contributed by atoms with Gasteiger partial charge in [-0.3, -0.25) is 9.59 Å². The minimum atomic E-state index is -0.462. The average molecular weight is 379 g/mol. The van der Waals surface area contributed by atoms with Gasteiger partial charge in [0.25, 0.3) is 5.91 Å². The molecule has 0 spiro atoms. The lowest BCUT2D eigenvalue weighted by atomic mass is 10.1. The van der Waals surface area contributed by atoms with Gasteiger partial charge >= 0.3 is 0 Å². The number of benzene rings is 2. The highest BCUT2D eigenvalue weighted by molar-refractivity contribution is 6.32. The first kappa shape index (κ1) is 19.7. The maximum absolute atomic E-state index is 13.0. The molecule has 2 aromatic rings. The number of rotatable bonds is 7. The van der Waals surface area contributed by atoms with Crippen LogP contribution in [0.2, 0.25) is 5.02 Å². The van der Waals surface area contributed by atoms with Gasteiger partial charge in [-0.1, -0.05) is 23.7 Å². The molecule has 0 unspecified atom stereocenters. The fraction of sp³-hybridized carbons (Fsp3) is 0.263. The first-order valence-corrected chi connectivity index (χ1v) is 8.52. The van der Waals surface area contributed by atoms with E-state index in [-0.39, 0.29) is 35.9 Å². The third-order valence-electron chi connectivity index (χ3n) is 3.35. The number of ether oxygens (including phenoxy) is 1. The molecule has 2 aromatic carbocycles. The lowest BCUT2D eigenvalue weighted by molar-refractivity contribution is -0.116. The number of nitrogens with one attached hydrogen (secondary N) is 2. The van der Waals surface area contributed by atoms with E-state index in [0.717, 1.165) is 6.07 Å². The number of para-hydroxylation sites is 1. The molecule has 7 heteroatoms. The summed E-state index contributed by atoms with van der Waals surface area (Å²) in [5.41, 5.74) is 0.813. The van der Waals surface area contributed by atoms with Crippen molar-refractivity contribution in [3.05, 3.63) is 58.9 Å². The molecule has 0 atom stereocenters. The Balaban J connectivity index is 1.92. The van der Waals surface area contributed by atoms with Gasteiger partial charge in [-0.15, -0.1) is 0 Å². The summed E-state index contributed by atoms with van der Waals surface area (Å²) in [6.07, 6.45) is 0.0494. The molecule has 5 nitrogen and oxygen atoms in total. The molecule has 2 amide bonds. The third kappa shape index (κ3) is 5.74. The zero-order chi connectivity index (χ0) is 19.1. The van der Waals surface area contributed by atoms with Crippen LogP contribution in [-0.2, 0) is 4.79 Å². The minimum Gasteiger partial charge on any atom is -0.491 e. The number of amides is 2. The van der Waals surface area contributed by atoms with E-state index in [4.69, 9.17) is 16.3 Å². The Bertz CT molecular complexity index is 796. The molecular formula is C19H20ClFN2O3. The second-order valence-electron chi connectivity index (χ2n) is 5.90. The summed E-state index contributed by atoms with van der Waals surface area (Å²) in [5.74, 6) is -0.729. The number of hydrogen-bond donors (Lipinski definition) is 2. The Morgan fingerprint density at radius 3 is 2.62 bits per heavy atom. The Hall–Kier alpha value is -2.60. The minimum absolute atomic E-state index is 0.0138. The fourth-order valence-corrected chi connectivity index (χ4v) is 2.41. The van der Waals surface area contributed by atoms with Crippen molar-refractivity contribution in [2.75, 3.05) is 11.9 Å². The predicted octanol–water partition coefficient (Wildman–Crippen LogP) is 4.02. The van der Waals surface area contributed by atoms with Gasteiger partial charge < -0.3 is 15.4 Å². The van der Waals surface area contributed by atoms with E-state index in [0.29, 0.717) is 17.0 Å². The van der Waals surface area contributed by atoms with Crippen LogP contribution >= 0.6 is 11.6 Å². The summed E-state index contributed by atoms with van der Waals surface area (Å²) >= 11 is 5.86. The molecule has 0 aliphatic heterocycles. The largest absolute Gasteiger partial charge is 0.491 e. The first-order chi connectivity index (χ1) is 12.4. The van der Waals surface area contributed by atoms with Gasteiger partial charge in [-0.05, 0) is 44.2 Å². The maximum Gasteiger partial charge on any atom is 0.253 e. The smallest absolute Gasteiger partial charge is 0.253 e. The van der Waals surface area contributed by atoms with Gasteiger partial charge in [-0.25, -0.2) is 4.39 Å². The van der Waals surface area contributed by atoms with E-state index < -0.39 is 5.82 Å². The lowest BCUT2D eigenvalue weighted by Crippen LogP contribution is -2.31. The summed E-state index contributed by atoms with van der Waals surface area (Å²) in [6.45, 7) is 3.78. The van der Waals surface area contributed by atoms with Gasteiger partial charge in [0.15, 0.2) is 0 Å². The predicted molar refractivity (Wildman–Crippen MR) is 99.2 cm³/mol. The van der Waals surface area contributed by atoms with Crippen molar-refractivity contribution in [2.45, 2.75) is 26.3 Å². The second-order valence-corrected chi connectivity index (χ2v) is 6.30. The number of anilines is 1. The van der Waals surface area contributed by atoms with E-state index in [1.165, 1.54) is 12.1 Å². The molecule has 2 rings (SSSR count). The molecule has 0 heterocycles. The van der Waals surface area contributed by atoms with Crippen molar-refractivity contribution < 1.29 is 18.7 Å². The van der Waals surface area contributed by atoms with Crippen LogP contribution in [0.4, 0.5) is 10.1 Å². The highest BCUT2D eigenvalue weighted by atomic mass is 35.5. The molecule has 2 N–H and O–H groups in total. The molecule has 0 saturated carbocycles. The van der Waals surface area contributed by atoms with Crippen molar-refractivity contribution in [1.29, 1.82) is 0 Å². The van der Waals surface area contributed by atoms with Gasteiger partial charge in [0.05, 0.1) is 29.3 Å². The van der Waals surface area contributed by atoms with E-state index in [9.17, 15) is 14.0 Å². The Kier molecular flexibility index (Phi) is 6.97. The van der Waals surface area contributed by atoms with Crippen LogP contribution in [0.5, 0.6) is 5.75 Å². The molecule has 0 aromatic heterocycles. The van der Waals surface area contributed by atoms with Crippen molar-refractivity contribution in [3.63, 3.8) is 0 Å². The molecule has 0 radical (unpaired) electrons. The van der Waals surface area contributed by atoms with Crippen LogP contribution in [-0.4, -0.2) is 24.5 Å². The zero-order valence-corrected chi connectivity index (χ0v) is 15.3. The van der Waals surface area contributed by atoms with E-state index in [1.54, 1.807) is 24.3 Å². The topological polar surface area (TPSA) is 67.4 Å². The molecule has 0 aliphatic carbocycles. The molecule has 0 fully saturated rings. The molecular weight excluding hydrogens is 359 g/mol. The quantitative estimate of drug-likeness (QED) is 0.764. The van der Waals surface area contributed by atoms with Crippen molar-refractivity contribution >= 4 is 29.1 Å². The highest BCUT2D eigenvalue weighted by Crippen LogP contribution is 2.25. The number of carbonyl (C=O) groups excluding carboxylic acids is 2. The van der Waals surface area contributed by atoms with Gasteiger partial charge in [-0.2, -0.15) is 0 Å². The third-order valence-corrected chi connectivity index (χ3v) is 3.64.